The first-order chi connectivity index (χ1) is 11.2. The summed E-state index contributed by atoms with van der Waals surface area (Å²) in [6.07, 6.45) is 4.24. The van der Waals surface area contributed by atoms with Crippen molar-refractivity contribution in [3.05, 3.63) is 70.8 Å². The SMILES string of the molecule is CCOc1ccc(C2=CCCc3ccc(C(=O)OC)cc32)cc1. The van der Waals surface area contributed by atoms with Crippen LogP contribution in [0.4, 0.5) is 0 Å². The van der Waals surface area contributed by atoms with Crippen molar-refractivity contribution >= 4 is 11.5 Å². The number of benzene rings is 2. The Morgan fingerprint density at radius 3 is 2.61 bits per heavy atom. The fraction of sp³-hybridized carbons (Fsp3) is 0.250. The second kappa shape index (κ2) is 6.69. The van der Waals surface area contributed by atoms with Crippen molar-refractivity contribution in [2.45, 2.75) is 19.8 Å². The molecule has 0 bridgehead atoms. The Hall–Kier alpha value is -2.55. The molecule has 118 valence electrons. The summed E-state index contributed by atoms with van der Waals surface area (Å²) in [6, 6.07) is 13.9. The summed E-state index contributed by atoms with van der Waals surface area (Å²) >= 11 is 0. The molecule has 0 atom stereocenters. The maximum Gasteiger partial charge on any atom is 0.337 e. The highest BCUT2D eigenvalue weighted by molar-refractivity contribution is 5.92. The van der Waals surface area contributed by atoms with E-state index < -0.39 is 0 Å². The van der Waals surface area contributed by atoms with Crippen molar-refractivity contribution in [2.75, 3.05) is 13.7 Å². The lowest BCUT2D eigenvalue weighted by atomic mass is 9.86. The van der Waals surface area contributed by atoms with E-state index in [-0.39, 0.29) is 5.97 Å². The summed E-state index contributed by atoms with van der Waals surface area (Å²) in [4.78, 5) is 11.8. The van der Waals surface area contributed by atoms with E-state index >= 15 is 0 Å². The van der Waals surface area contributed by atoms with Crippen LogP contribution in [-0.2, 0) is 11.2 Å². The molecule has 3 nitrogen and oxygen atoms in total. The minimum Gasteiger partial charge on any atom is -0.494 e. The van der Waals surface area contributed by atoms with Gasteiger partial charge in [-0.1, -0.05) is 24.3 Å². The molecule has 0 spiro atoms. The van der Waals surface area contributed by atoms with E-state index in [1.54, 1.807) is 0 Å². The van der Waals surface area contributed by atoms with Gasteiger partial charge in [-0.3, -0.25) is 0 Å². The van der Waals surface area contributed by atoms with Crippen LogP contribution in [0.1, 0.15) is 40.4 Å². The molecule has 2 aromatic carbocycles. The number of aryl methyl sites for hydroxylation is 1. The van der Waals surface area contributed by atoms with Crippen LogP contribution in [0.2, 0.25) is 0 Å². The summed E-state index contributed by atoms with van der Waals surface area (Å²) < 4.78 is 10.3. The number of methoxy groups -OCH3 is 1. The number of hydrogen-bond donors (Lipinski definition) is 0. The molecule has 1 aliphatic rings. The quantitative estimate of drug-likeness (QED) is 0.792. The van der Waals surface area contributed by atoms with Gasteiger partial charge in [-0.25, -0.2) is 4.79 Å². The van der Waals surface area contributed by atoms with Gasteiger partial charge in [-0.15, -0.1) is 0 Å². The highest BCUT2D eigenvalue weighted by Crippen LogP contribution is 2.33. The number of carbonyl (C=O) groups is 1. The summed E-state index contributed by atoms with van der Waals surface area (Å²) in [7, 11) is 1.41. The first kappa shape index (κ1) is 15.3. The highest BCUT2D eigenvalue weighted by atomic mass is 16.5. The Labute approximate surface area is 136 Å². The number of ether oxygens (including phenoxy) is 2. The van der Waals surface area contributed by atoms with E-state index in [1.807, 2.05) is 37.3 Å². The predicted octanol–water partition coefficient (Wildman–Crippen LogP) is 4.25. The van der Waals surface area contributed by atoms with Crippen molar-refractivity contribution in [3.63, 3.8) is 0 Å². The maximum atomic E-state index is 11.8. The Morgan fingerprint density at radius 2 is 1.91 bits per heavy atom. The molecule has 0 heterocycles. The number of allylic oxidation sites excluding steroid dienone is 1. The average Bonchev–Trinajstić information content (AvgIpc) is 2.61. The van der Waals surface area contributed by atoms with Gasteiger partial charge in [0.05, 0.1) is 19.3 Å². The number of fused-ring (bicyclic) bond motifs is 1. The molecule has 1 aliphatic carbocycles. The molecule has 23 heavy (non-hydrogen) atoms. The van der Waals surface area contributed by atoms with Crippen LogP contribution in [0.3, 0.4) is 0 Å². The molecule has 0 aliphatic heterocycles. The lowest BCUT2D eigenvalue weighted by Gasteiger charge is -2.19. The van der Waals surface area contributed by atoms with E-state index in [1.165, 1.54) is 18.2 Å². The minimum absolute atomic E-state index is 0.301. The number of rotatable bonds is 4. The van der Waals surface area contributed by atoms with Crippen LogP contribution in [0.25, 0.3) is 5.57 Å². The van der Waals surface area contributed by atoms with Crippen LogP contribution in [-0.4, -0.2) is 19.7 Å². The van der Waals surface area contributed by atoms with Gasteiger partial charge in [-0.2, -0.15) is 0 Å². The van der Waals surface area contributed by atoms with E-state index in [9.17, 15) is 4.79 Å². The zero-order chi connectivity index (χ0) is 16.2. The Bertz CT molecular complexity index is 742. The largest absolute Gasteiger partial charge is 0.494 e. The molecule has 3 heteroatoms. The Morgan fingerprint density at radius 1 is 1.13 bits per heavy atom. The van der Waals surface area contributed by atoms with Gasteiger partial charge in [0.2, 0.25) is 0 Å². The molecule has 0 fully saturated rings. The summed E-state index contributed by atoms with van der Waals surface area (Å²) in [5.74, 6) is 0.570. The topological polar surface area (TPSA) is 35.5 Å². The molecule has 0 saturated heterocycles. The van der Waals surface area contributed by atoms with Crippen molar-refractivity contribution in [2.24, 2.45) is 0 Å². The first-order valence-corrected chi connectivity index (χ1v) is 7.88. The molecule has 0 N–H and O–H groups in total. The average molecular weight is 308 g/mol. The van der Waals surface area contributed by atoms with E-state index in [2.05, 4.69) is 18.2 Å². The lowest BCUT2D eigenvalue weighted by molar-refractivity contribution is 0.0600. The molecule has 0 amide bonds. The van der Waals surface area contributed by atoms with Crippen molar-refractivity contribution in [1.29, 1.82) is 0 Å². The van der Waals surface area contributed by atoms with Gasteiger partial charge in [0, 0.05) is 0 Å². The molecular formula is C20H20O3. The Kier molecular flexibility index (Phi) is 4.47. The standard InChI is InChI=1S/C20H20O3/c1-3-23-17-11-9-15(10-12-17)18-6-4-5-14-7-8-16(13-19(14)18)20(21)22-2/h6-13H,3-5H2,1-2H3. The van der Waals surface area contributed by atoms with Crippen LogP contribution in [0.15, 0.2) is 48.5 Å². The molecule has 0 radical (unpaired) electrons. The molecule has 0 saturated carbocycles. The van der Waals surface area contributed by atoms with Gasteiger partial charge < -0.3 is 9.47 Å². The monoisotopic (exact) mass is 308 g/mol. The fourth-order valence-electron chi connectivity index (χ4n) is 2.94. The molecule has 3 rings (SSSR count). The normalized spacial score (nSPS) is 13.0. The number of carbonyl (C=O) groups excluding carboxylic acids is 1. The molecule has 0 aromatic heterocycles. The van der Waals surface area contributed by atoms with E-state index in [0.717, 1.165) is 29.7 Å². The van der Waals surface area contributed by atoms with Crippen molar-refractivity contribution in [1.82, 2.24) is 0 Å². The lowest BCUT2D eigenvalue weighted by Crippen LogP contribution is -2.06. The highest BCUT2D eigenvalue weighted by Gasteiger charge is 2.17. The number of esters is 1. The zero-order valence-corrected chi connectivity index (χ0v) is 13.5. The maximum absolute atomic E-state index is 11.8. The van der Waals surface area contributed by atoms with Crippen LogP contribution in [0, 0.1) is 0 Å². The minimum atomic E-state index is -0.301. The third kappa shape index (κ3) is 3.14. The van der Waals surface area contributed by atoms with Gasteiger partial charge in [-0.05, 0) is 66.3 Å². The third-order valence-corrected chi connectivity index (χ3v) is 4.06. The van der Waals surface area contributed by atoms with Crippen molar-refractivity contribution < 1.29 is 14.3 Å². The van der Waals surface area contributed by atoms with E-state index in [0.29, 0.717) is 12.2 Å². The van der Waals surface area contributed by atoms with Gasteiger partial charge in [0.1, 0.15) is 5.75 Å². The fourth-order valence-corrected chi connectivity index (χ4v) is 2.94. The number of hydrogen-bond acceptors (Lipinski definition) is 3. The van der Waals surface area contributed by atoms with Gasteiger partial charge >= 0.3 is 5.97 Å². The third-order valence-electron chi connectivity index (χ3n) is 4.06. The summed E-state index contributed by atoms with van der Waals surface area (Å²) in [5, 5.41) is 0. The summed E-state index contributed by atoms with van der Waals surface area (Å²) in [6.45, 7) is 2.63. The second-order valence-corrected chi connectivity index (χ2v) is 5.48. The Balaban J connectivity index is 1.98. The van der Waals surface area contributed by atoms with Gasteiger partial charge in [0.15, 0.2) is 0 Å². The van der Waals surface area contributed by atoms with Crippen LogP contribution in [0.5, 0.6) is 5.75 Å². The van der Waals surface area contributed by atoms with Gasteiger partial charge in [0.25, 0.3) is 0 Å². The summed E-state index contributed by atoms with van der Waals surface area (Å²) in [5.41, 5.74) is 5.27. The molecule has 0 unspecified atom stereocenters. The van der Waals surface area contributed by atoms with E-state index in [4.69, 9.17) is 9.47 Å². The second-order valence-electron chi connectivity index (χ2n) is 5.48. The van der Waals surface area contributed by atoms with Crippen LogP contribution < -0.4 is 4.74 Å². The first-order valence-electron chi connectivity index (χ1n) is 7.88. The van der Waals surface area contributed by atoms with Crippen molar-refractivity contribution in [3.8, 4) is 5.75 Å². The molecule has 2 aromatic rings. The zero-order valence-electron chi connectivity index (χ0n) is 13.5. The van der Waals surface area contributed by atoms with Crippen LogP contribution >= 0.6 is 0 Å². The molecular weight excluding hydrogens is 288 g/mol. The smallest absolute Gasteiger partial charge is 0.337 e. The predicted molar refractivity (Wildman–Crippen MR) is 90.8 cm³/mol.